The highest BCUT2D eigenvalue weighted by Crippen LogP contribution is 2.21. The summed E-state index contributed by atoms with van der Waals surface area (Å²) in [5.41, 5.74) is 29.9. The molecule has 0 bridgehead atoms. The Labute approximate surface area is 233 Å². The number of unbranched alkanes of at least 4 members (excludes halogenated alkanes) is 1. The van der Waals surface area contributed by atoms with Crippen LogP contribution >= 0.6 is 0 Å². The van der Waals surface area contributed by atoms with Gasteiger partial charge in [-0.15, -0.1) is 0 Å². The maximum absolute atomic E-state index is 12.0. The van der Waals surface area contributed by atoms with Gasteiger partial charge in [0.25, 0.3) is 0 Å². The van der Waals surface area contributed by atoms with Crippen molar-refractivity contribution in [2.24, 2.45) is 11.5 Å². The predicted octanol–water partition coefficient (Wildman–Crippen LogP) is 2.01. The molecule has 1 unspecified atom stereocenters. The van der Waals surface area contributed by atoms with E-state index in [4.69, 9.17) is 38.1 Å². The summed E-state index contributed by atoms with van der Waals surface area (Å²) in [7, 11) is 1.56. The van der Waals surface area contributed by atoms with Gasteiger partial charge in [-0.1, -0.05) is 36.8 Å². The Morgan fingerprint density at radius 1 is 1.00 bits per heavy atom. The van der Waals surface area contributed by atoms with Gasteiger partial charge in [0.2, 0.25) is 12.7 Å². The first-order chi connectivity index (χ1) is 19.2. The van der Waals surface area contributed by atoms with Crippen molar-refractivity contribution in [2.75, 3.05) is 47.8 Å². The number of carbonyl (C=O) groups excluding carboxylic acids is 2. The van der Waals surface area contributed by atoms with E-state index in [9.17, 15) is 14.7 Å². The molecule has 13 nitrogen and oxygen atoms in total. The molecule has 1 atom stereocenters. The highest BCUT2D eigenvalue weighted by molar-refractivity contribution is 5.94. The molecule has 3 rings (SSSR count). The number of nitrogens with two attached hydrogens (primary N) is 5. The minimum atomic E-state index is -0.588. The van der Waals surface area contributed by atoms with E-state index in [2.05, 4.69) is 10.3 Å². The zero-order valence-electron chi connectivity index (χ0n) is 22.5. The van der Waals surface area contributed by atoms with Crippen molar-refractivity contribution in [1.29, 1.82) is 0 Å². The first kappa shape index (κ1) is 31.6. The molecular weight excluding hydrogens is 516 g/mol. The lowest BCUT2D eigenvalue weighted by molar-refractivity contribution is -0.117. The van der Waals surface area contributed by atoms with Gasteiger partial charge < -0.3 is 48.6 Å². The topological polar surface area (TPSA) is 231 Å². The number of ether oxygens (including phenoxy) is 2. The molecule has 1 heterocycles. The number of carbonyl (C=O) groups is 2. The monoisotopic (exact) mass is 554 g/mol. The number of nitrogens with zero attached hydrogens (tertiary/aromatic N) is 2. The summed E-state index contributed by atoms with van der Waals surface area (Å²) in [6.07, 6.45) is 1.68. The maximum Gasteiger partial charge on any atom is 0.416 e. The van der Waals surface area contributed by atoms with E-state index in [1.807, 2.05) is 0 Å². The molecule has 0 aliphatic carbocycles. The number of pyridine rings is 1. The third-order valence-electron chi connectivity index (χ3n) is 5.63. The van der Waals surface area contributed by atoms with Gasteiger partial charge >= 0.3 is 6.09 Å². The summed E-state index contributed by atoms with van der Waals surface area (Å²) in [6, 6.07) is 16.6. The molecule has 12 N–H and O–H groups in total. The largest absolute Gasteiger partial charge is 0.455 e. The summed E-state index contributed by atoms with van der Waals surface area (Å²) in [5.74, 6) is 0.697. The minimum Gasteiger partial charge on any atom is -0.455 e. The molecule has 1 aromatic heterocycles. The second-order valence-electron chi connectivity index (χ2n) is 8.61. The van der Waals surface area contributed by atoms with Crippen molar-refractivity contribution in [3.05, 3.63) is 66.2 Å². The number of aliphatic hydroxyl groups excluding tert-OH is 1. The number of rotatable bonds is 11. The van der Waals surface area contributed by atoms with E-state index in [-0.39, 0.29) is 25.1 Å². The fourth-order valence-corrected chi connectivity index (χ4v) is 3.34. The molecule has 13 heteroatoms. The van der Waals surface area contributed by atoms with Gasteiger partial charge in [0.05, 0.1) is 29.7 Å². The number of nitrogen functional groups attached to an aromatic ring is 3. The van der Waals surface area contributed by atoms with Crippen LogP contribution in [0.15, 0.2) is 60.7 Å². The van der Waals surface area contributed by atoms with Crippen molar-refractivity contribution in [1.82, 2.24) is 4.98 Å². The molecule has 0 spiro atoms. The molecule has 3 aromatic rings. The van der Waals surface area contributed by atoms with E-state index < -0.39 is 12.1 Å². The van der Waals surface area contributed by atoms with E-state index in [0.29, 0.717) is 47.2 Å². The molecule has 0 fully saturated rings. The zero-order chi connectivity index (χ0) is 29.5. The smallest absolute Gasteiger partial charge is 0.416 e. The normalized spacial score (nSPS) is 11.0. The van der Waals surface area contributed by atoms with Crippen molar-refractivity contribution in [2.45, 2.75) is 31.9 Å². The fourth-order valence-electron chi connectivity index (χ4n) is 3.34. The highest BCUT2D eigenvalue weighted by Gasteiger charge is 2.16. The second kappa shape index (κ2) is 16.4. The summed E-state index contributed by atoms with van der Waals surface area (Å²) in [6.45, 7) is 0.188. The van der Waals surface area contributed by atoms with Crippen molar-refractivity contribution >= 4 is 40.7 Å². The number of benzene rings is 2. The number of nitrogens with one attached hydrogen (secondary N) is 1. The van der Waals surface area contributed by atoms with Crippen LogP contribution in [-0.4, -0.2) is 48.5 Å². The number of aromatic nitrogens is 1. The lowest BCUT2D eigenvalue weighted by Gasteiger charge is -2.19. The van der Waals surface area contributed by atoms with Crippen molar-refractivity contribution in [3.8, 4) is 5.75 Å². The third-order valence-corrected chi connectivity index (χ3v) is 5.63. The fraction of sp³-hybridized carbons (Fsp3) is 0.296. The van der Waals surface area contributed by atoms with Crippen LogP contribution < -0.4 is 43.6 Å². The first-order valence-corrected chi connectivity index (χ1v) is 12.5. The molecule has 0 radical (unpaired) electrons. The summed E-state index contributed by atoms with van der Waals surface area (Å²) in [4.78, 5) is 29.0. The van der Waals surface area contributed by atoms with Crippen LogP contribution in [0.2, 0.25) is 0 Å². The van der Waals surface area contributed by atoms with E-state index >= 15 is 0 Å². The highest BCUT2D eigenvalue weighted by atomic mass is 16.7. The van der Waals surface area contributed by atoms with E-state index in [1.54, 1.807) is 67.7 Å². The SMILES string of the molecule is CN(C(=O)OCOc1ccccc1N)c1ccccc1CO.NCCCCC(N)C(=O)Nc1ccc(N)c(N)n1. The number of hydrogen-bond acceptors (Lipinski definition) is 11. The molecule has 0 aliphatic heterocycles. The number of hydrogen-bond donors (Lipinski definition) is 7. The van der Waals surface area contributed by atoms with Crippen LogP contribution in [0.3, 0.4) is 0 Å². The number of aliphatic hydroxyl groups is 1. The Hall–Kier alpha value is -4.59. The van der Waals surface area contributed by atoms with Gasteiger partial charge in [0.1, 0.15) is 17.4 Å². The number of anilines is 5. The predicted molar refractivity (Wildman–Crippen MR) is 156 cm³/mol. The maximum atomic E-state index is 12.0. The van der Waals surface area contributed by atoms with Gasteiger partial charge in [-0.2, -0.15) is 0 Å². The second-order valence-corrected chi connectivity index (χ2v) is 8.61. The minimum absolute atomic E-state index is 0.162. The molecule has 0 aliphatic rings. The summed E-state index contributed by atoms with van der Waals surface area (Å²) in [5, 5.41) is 11.9. The Balaban J connectivity index is 0.000000286. The van der Waals surface area contributed by atoms with Crippen molar-refractivity contribution < 1.29 is 24.2 Å². The molecule has 0 saturated carbocycles. The Morgan fingerprint density at radius 2 is 1.70 bits per heavy atom. The molecule has 216 valence electrons. The van der Waals surface area contributed by atoms with Gasteiger partial charge in [-0.3, -0.25) is 9.69 Å². The van der Waals surface area contributed by atoms with Gasteiger partial charge in [-0.05, 0) is 49.7 Å². The van der Waals surface area contributed by atoms with Crippen LogP contribution in [0.5, 0.6) is 5.75 Å². The van der Waals surface area contributed by atoms with Gasteiger partial charge in [-0.25, -0.2) is 9.78 Å². The van der Waals surface area contributed by atoms with E-state index in [1.165, 1.54) is 4.90 Å². The number of amides is 2. The van der Waals surface area contributed by atoms with Crippen LogP contribution in [0, 0.1) is 0 Å². The average molecular weight is 555 g/mol. The standard InChI is InChI=1S/C16H18N2O4.C11H20N6O/c1-18(14-8-4-2-6-12(14)10-19)16(20)22-11-21-15-9-5-3-7-13(15)17;12-6-2-1-3-8(14)11(18)17-9-5-4-7(13)10(15)16-9/h2-9,19H,10-11,17H2,1H3;4-5,8H,1-3,6,12-14H2,(H3,15,16,17,18). The van der Waals surface area contributed by atoms with Crippen LogP contribution in [-0.2, 0) is 16.1 Å². The van der Waals surface area contributed by atoms with Gasteiger partial charge in [0.15, 0.2) is 0 Å². The third kappa shape index (κ3) is 9.94. The number of para-hydroxylation sites is 3. The van der Waals surface area contributed by atoms with Crippen molar-refractivity contribution in [3.63, 3.8) is 0 Å². The lowest BCUT2D eigenvalue weighted by Crippen LogP contribution is -2.35. The molecule has 40 heavy (non-hydrogen) atoms. The summed E-state index contributed by atoms with van der Waals surface area (Å²) < 4.78 is 10.4. The molecular formula is C27H38N8O5. The quantitative estimate of drug-likeness (QED) is 0.103. The molecule has 2 aromatic carbocycles. The Morgan fingerprint density at radius 3 is 2.38 bits per heavy atom. The summed E-state index contributed by atoms with van der Waals surface area (Å²) >= 11 is 0. The van der Waals surface area contributed by atoms with Crippen LogP contribution in [0.25, 0.3) is 0 Å². The molecule has 0 saturated heterocycles. The van der Waals surface area contributed by atoms with Crippen LogP contribution in [0.1, 0.15) is 24.8 Å². The van der Waals surface area contributed by atoms with Crippen LogP contribution in [0.4, 0.5) is 33.5 Å². The zero-order valence-corrected chi connectivity index (χ0v) is 22.5. The first-order valence-electron chi connectivity index (χ1n) is 12.5. The van der Waals surface area contributed by atoms with Gasteiger partial charge in [0, 0.05) is 12.6 Å². The lowest BCUT2D eigenvalue weighted by atomic mass is 10.1. The Bertz CT molecular complexity index is 1240. The molecule has 2 amide bonds. The Kier molecular flexibility index (Phi) is 13.0. The van der Waals surface area contributed by atoms with E-state index in [0.717, 1.165) is 12.8 Å². The average Bonchev–Trinajstić information content (AvgIpc) is 2.96.